The van der Waals surface area contributed by atoms with E-state index in [2.05, 4.69) is 5.32 Å². The van der Waals surface area contributed by atoms with Crippen LogP contribution in [0.5, 0.6) is 0 Å². The van der Waals surface area contributed by atoms with Gasteiger partial charge < -0.3 is 9.73 Å². The first-order valence-electron chi connectivity index (χ1n) is 6.27. The van der Waals surface area contributed by atoms with Crippen LogP contribution >= 0.6 is 0 Å². The maximum absolute atomic E-state index is 11.8. The molecule has 1 amide bonds. The lowest BCUT2D eigenvalue weighted by Gasteiger charge is -2.08. The quantitative estimate of drug-likeness (QED) is 0.530. The average molecular weight is 286 g/mol. The summed E-state index contributed by atoms with van der Waals surface area (Å²) in [7, 11) is 0. The number of nitro groups is 1. The number of amides is 1. The van der Waals surface area contributed by atoms with Crippen molar-refractivity contribution < 1.29 is 14.1 Å². The van der Waals surface area contributed by atoms with E-state index >= 15 is 0 Å². The highest BCUT2D eigenvalue weighted by Crippen LogP contribution is 2.19. The molecule has 108 valence electrons. The molecule has 6 heteroatoms. The summed E-state index contributed by atoms with van der Waals surface area (Å²) in [5.74, 6) is -0.440. The van der Waals surface area contributed by atoms with E-state index in [1.165, 1.54) is 24.3 Å². The van der Waals surface area contributed by atoms with Gasteiger partial charge in [0, 0.05) is 11.8 Å². The molecule has 0 saturated carbocycles. The highest BCUT2D eigenvalue weighted by atomic mass is 16.6. The number of carbonyl (C=O) groups is 1. The SMILES string of the molecule is Cc1cccc(NC(=O)/C=C/c2ccc([N+](=O)[O-])o2)c1C. The number of benzene rings is 1. The summed E-state index contributed by atoms with van der Waals surface area (Å²) in [5, 5.41) is 13.2. The molecule has 21 heavy (non-hydrogen) atoms. The van der Waals surface area contributed by atoms with Crippen LogP contribution in [0.1, 0.15) is 16.9 Å². The minimum absolute atomic E-state index is 0.248. The van der Waals surface area contributed by atoms with E-state index < -0.39 is 4.92 Å². The molecular formula is C15H14N2O4. The topological polar surface area (TPSA) is 85.4 Å². The minimum atomic E-state index is -0.631. The number of carbonyl (C=O) groups excluding carboxylic acids is 1. The molecule has 0 radical (unpaired) electrons. The lowest BCUT2D eigenvalue weighted by Crippen LogP contribution is -2.09. The fourth-order valence-corrected chi connectivity index (χ4v) is 1.75. The van der Waals surface area contributed by atoms with Crippen molar-refractivity contribution >= 4 is 23.6 Å². The number of anilines is 1. The lowest BCUT2D eigenvalue weighted by atomic mass is 10.1. The molecule has 0 aliphatic carbocycles. The molecule has 0 unspecified atom stereocenters. The molecular weight excluding hydrogens is 272 g/mol. The standard InChI is InChI=1S/C15H14N2O4/c1-10-4-3-5-13(11(10)2)16-14(18)8-6-12-7-9-15(21-12)17(19)20/h3-9H,1-2H3,(H,16,18)/b8-6+. The molecule has 0 spiro atoms. The number of hydrogen-bond acceptors (Lipinski definition) is 4. The summed E-state index contributed by atoms with van der Waals surface area (Å²) in [6, 6.07) is 8.30. The fraction of sp³-hybridized carbons (Fsp3) is 0.133. The fourth-order valence-electron chi connectivity index (χ4n) is 1.75. The Morgan fingerprint density at radius 3 is 2.71 bits per heavy atom. The Kier molecular flexibility index (Phi) is 4.18. The smallest absolute Gasteiger partial charge is 0.401 e. The van der Waals surface area contributed by atoms with Crippen LogP contribution in [-0.2, 0) is 4.79 Å². The normalized spacial score (nSPS) is 10.8. The zero-order valence-electron chi connectivity index (χ0n) is 11.6. The first kappa shape index (κ1) is 14.5. The van der Waals surface area contributed by atoms with Crippen molar-refractivity contribution in [1.29, 1.82) is 0 Å². The van der Waals surface area contributed by atoms with E-state index in [0.29, 0.717) is 0 Å². The van der Waals surface area contributed by atoms with E-state index in [9.17, 15) is 14.9 Å². The predicted molar refractivity (Wildman–Crippen MR) is 78.9 cm³/mol. The van der Waals surface area contributed by atoms with Crippen molar-refractivity contribution in [3.63, 3.8) is 0 Å². The van der Waals surface area contributed by atoms with Crippen LogP contribution in [0.4, 0.5) is 11.6 Å². The third-order valence-corrected chi connectivity index (χ3v) is 3.05. The highest BCUT2D eigenvalue weighted by molar-refractivity contribution is 6.02. The molecule has 1 aromatic carbocycles. The molecule has 0 aliphatic heterocycles. The molecule has 0 atom stereocenters. The summed E-state index contributed by atoms with van der Waals surface area (Å²) in [6.45, 7) is 3.88. The Balaban J connectivity index is 2.05. The van der Waals surface area contributed by atoms with Crippen molar-refractivity contribution in [2.75, 3.05) is 5.32 Å². The number of hydrogen-bond donors (Lipinski definition) is 1. The summed E-state index contributed by atoms with van der Waals surface area (Å²) < 4.78 is 4.92. The summed E-state index contributed by atoms with van der Waals surface area (Å²) >= 11 is 0. The van der Waals surface area contributed by atoms with Crippen LogP contribution in [-0.4, -0.2) is 10.8 Å². The molecule has 0 fully saturated rings. The van der Waals surface area contributed by atoms with Gasteiger partial charge >= 0.3 is 5.88 Å². The molecule has 6 nitrogen and oxygen atoms in total. The monoisotopic (exact) mass is 286 g/mol. The van der Waals surface area contributed by atoms with Gasteiger partial charge in [0.1, 0.15) is 10.7 Å². The molecule has 0 aliphatic rings. The van der Waals surface area contributed by atoms with E-state index in [1.807, 2.05) is 32.0 Å². The van der Waals surface area contributed by atoms with Gasteiger partial charge in [-0.3, -0.25) is 14.9 Å². The summed E-state index contributed by atoms with van der Waals surface area (Å²) in [6.07, 6.45) is 2.65. The zero-order chi connectivity index (χ0) is 15.4. The van der Waals surface area contributed by atoms with Gasteiger partial charge in [0.25, 0.3) is 0 Å². The van der Waals surface area contributed by atoms with Crippen LogP contribution < -0.4 is 5.32 Å². The van der Waals surface area contributed by atoms with E-state index in [0.717, 1.165) is 16.8 Å². The number of furan rings is 1. The second-order valence-corrected chi connectivity index (χ2v) is 4.50. The molecule has 0 bridgehead atoms. The average Bonchev–Trinajstić information content (AvgIpc) is 2.91. The Morgan fingerprint density at radius 1 is 1.29 bits per heavy atom. The van der Waals surface area contributed by atoms with E-state index in [4.69, 9.17) is 4.42 Å². The van der Waals surface area contributed by atoms with E-state index in [-0.39, 0.29) is 17.6 Å². The largest absolute Gasteiger partial charge is 0.433 e. The minimum Gasteiger partial charge on any atom is -0.401 e. The number of aryl methyl sites for hydroxylation is 1. The molecule has 1 heterocycles. The third kappa shape index (κ3) is 3.56. The summed E-state index contributed by atoms with van der Waals surface area (Å²) in [5.41, 5.74) is 2.81. The van der Waals surface area contributed by atoms with Gasteiger partial charge in [0.2, 0.25) is 5.91 Å². The zero-order valence-corrected chi connectivity index (χ0v) is 11.6. The van der Waals surface area contributed by atoms with Crippen LogP contribution in [0.3, 0.4) is 0 Å². The Labute approximate surface area is 121 Å². The van der Waals surface area contributed by atoms with Gasteiger partial charge in [-0.25, -0.2) is 0 Å². The first-order valence-corrected chi connectivity index (χ1v) is 6.27. The molecule has 2 rings (SSSR count). The van der Waals surface area contributed by atoms with Crippen LogP contribution in [0.15, 0.2) is 40.8 Å². The van der Waals surface area contributed by atoms with E-state index in [1.54, 1.807) is 0 Å². The Hall–Kier alpha value is -2.89. The first-order chi connectivity index (χ1) is 9.97. The van der Waals surface area contributed by atoms with Crippen molar-refractivity contribution in [3.8, 4) is 0 Å². The van der Waals surface area contributed by atoms with Gasteiger partial charge in [0.05, 0.1) is 6.07 Å². The van der Waals surface area contributed by atoms with Gasteiger partial charge in [0.15, 0.2) is 0 Å². The Bertz CT molecular complexity index is 716. The second-order valence-electron chi connectivity index (χ2n) is 4.50. The van der Waals surface area contributed by atoms with Crippen molar-refractivity contribution in [1.82, 2.24) is 0 Å². The van der Waals surface area contributed by atoms with Gasteiger partial charge in [-0.1, -0.05) is 12.1 Å². The number of nitrogens with zero attached hydrogens (tertiary/aromatic N) is 1. The predicted octanol–water partition coefficient (Wildman–Crippen LogP) is 3.46. The number of rotatable bonds is 4. The molecule has 2 aromatic rings. The van der Waals surface area contributed by atoms with Crippen LogP contribution in [0, 0.1) is 24.0 Å². The van der Waals surface area contributed by atoms with Crippen molar-refractivity contribution in [2.45, 2.75) is 13.8 Å². The maximum atomic E-state index is 11.8. The Morgan fingerprint density at radius 2 is 2.05 bits per heavy atom. The van der Waals surface area contributed by atoms with Gasteiger partial charge in [-0.05, 0) is 43.2 Å². The highest BCUT2D eigenvalue weighted by Gasteiger charge is 2.10. The van der Waals surface area contributed by atoms with Crippen LogP contribution in [0.25, 0.3) is 6.08 Å². The third-order valence-electron chi connectivity index (χ3n) is 3.05. The van der Waals surface area contributed by atoms with Crippen molar-refractivity contribution in [2.24, 2.45) is 0 Å². The number of nitrogens with one attached hydrogen (secondary N) is 1. The second kappa shape index (κ2) is 6.04. The molecule has 1 aromatic heterocycles. The maximum Gasteiger partial charge on any atom is 0.433 e. The van der Waals surface area contributed by atoms with Gasteiger partial charge in [-0.2, -0.15) is 0 Å². The lowest BCUT2D eigenvalue weighted by molar-refractivity contribution is -0.402. The molecule has 1 N–H and O–H groups in total. The molecule has 0 saturated heterocycles. The summed E-state index contributed by atoms with van der Waals surface area (Å²) in [4.78, 5) is 21.7. The van der Waals surface area contributed by atoms with Crippen LogP contribution in [0.2, 0.25) is 0 Å². The van der Waals surface area contributed by atoms with Gasteiger partial charge in [-0.15, -0.1) is 0 Å². The van der Waals surface area contributed by atoms with Crippen molar-refractivity contribution in [3.05, 3.63) is 63.4 Å².